The summed E-state index contributed by atoms with van der Waals surface area (Å²) >= 11 is 0. The van der Waals surface area contributed by atoms with Crippen molar-refractivity contribution < 1.29 is 9.18 Å². The van der Waals surface area contributed by atoms with Crippen LogP contribution in [0.4, 0.5) is 15.8 Å². The molecule has 1 saturated heterocycles. The number of fused-ring (bicyclic) bond motifs is 2. The van der Waals surface area contributed by atoms with Crippen molar-refractivity contribution in [2.24, 2.45) is 5.73 Å². The van der Waals surface area contributed by atoms with Gasteiger partial charge in [-0.05, 0) is 61.0 Å². The molecule has 0 aliphatic carbocycles. The molecule has 3 heterocycles. The molecule has 0 saturated carbocycles. The fourth-order valence-corrected chi connectivity index (χ4v) is 4.99. The Hall–Kier alpha value is -3.06. The fourth-order valence-electron chi connectivity index (χ4n) is 4.99. The summed E-state index contributed by atoms with van der Waals surface area (Å²) in [7, 11) is 0. The first kappa shape index (κ1) is 19.9. The van der Waals surface area contributed by atoms with E-state index in [1.165, 1.54) is 22.7 Å². The highest BCUT2D eigenvalue weighted by molar-refractivity contribution is 5.83. The highest BCUT2D eigenvalue weighted by Crippen LogP contribution is 2.38. The average Bonchev–Trinajstić information content (AvgIpc) is 3.36. The first-order valence-electron chi connectivity index (χ1n) is 10.9. The minimum absolute atomic E-state index is 0.180. The predicted octanol–water partition coefficient (Wildman–Crippen LogP) is 2.91. The van der Waals surface area contributed by atoms with Crippen LogP contribution >= 0.6 is 0 Å². The van der Waals surface area contributed by atoms with E-state index < -0.39 is 0 Å². The molecule has 5 rings (SSSR count). The van der Waals surface area contributed by atoms with Crippen LogP contribution in [0, 0.1) is 5.82 Å². The van der Waals surface area contributed by atoms with Crippen LogP contribution < -0.4 is 15.5 Å². The number of amides is 1. The van der Waals surface area contributed by atoms with E-state index in [1.54, 1.807) is 12.1 Å². The molecule has 3 aromatic rings. The summed E-state index contributed by atoms with van der Waals surface area (Å²) in [6.45, 7) is 5.89. The van der Waals surface area contributed by atoms with Gasteiger partial charge in [0.2, 0.25) is 5.91 Å². The summed E-state index contributed by atoms with van der Waals surface area (Å²) < 4.78 is 13.9. The zero-order valence-electron chi connectivity index (χ0n) is 17.6. The maximum Gasteiger partial charge on any atom is 0.236 e. The predicted molar refractivity (Wildman–Crippen MR) is 122 cm³/mol. The lowest BCUT2D eigenvalue weighted by Crippen LogP contribution is -2.46. The van der Waals surface area contributed by atoms with Gasteiger partial charge in [0, 0.05) is 67.1 Å². The Morgan fingerprint density at radius 1 is 1.10 bits per heavy atom. The molecular weight excluding hydrogens is 393 g/mol. The van der Waals surface area contributed by atoms with Crippen molar-refractivity contribution in [3.8, 4) is 0 Å². The molecule has 2 aliphatic heterocycles. The van der Waals surface area contributed by atoms with Gasteiger partial charge in [-0.1, -0.05) is 0 Å². The number of anilines is 2. The van der Waals surface area contributed by atoms with E-state index in [0.29, 0.717) is 0 Å². The van der Waals surface area contributed by atoms with Crippen LogP contribution in [0.3, 0.4) is 0 Å². The molecule has 3 N–H and O–H groups in total. The number of aromatic amines is 1. The summed E-state index contributed by atoms with van der Waals surface area (Å²) in [5.41, 5.74) is 9.79. The van der Waals surface area contributed by atoms with E-state index in [9.17, 15) is 9.18 Å². The molecule has 2 aromatic carbocycles. The normalized spacial score (nSPS) is 19.2. The Balaban J connectivity index is 1.18. The van der Waals surface area contributed by atoms with E-state index in [-0.39, 0.29) is 24.2 Å². The van der Waals surface area contributed by atoms with E-state index in [0.717, 1.165) is 56.9 Å². The van der Waals surface area contributed by atoms with E-state index in [1.807, 2.05) is 11.1 Å². The van der Waals surface area contributed by atoms with Crippen molar-refractivity contribution in [2.45, 2.75) is 12.3 Å². The second-order valence-corrected chi connectivity index (χ2v) is 8.61. The van der Waals surface area contributed by atoms with Gasteiger partial charge in [-0.15, -0.1) is 0 Å². The molecule has 6 nitrogen and oxygen atoms in total. The molecule has 1 amide bonds. The Kier molecular flexibility index (Phi) is 5.28. The Bertz CT molecular complexity index is 1090. The van der Waals surface area contributed by atoms with Crippen molar-refractivity contribution in [3.63, 3.8) is 0 Å². The SMILES string of the molecule is NC(=O)CN1CC(CCN2CCN(c3ccc4[nH]ccc4c3)CC2)c2cc(F)ccc21. The first-order valence-corrected chi connectivity index (χ1v) is 10.9. The van der Waals surface area contributed by atoms with Crippen molar-refractivity contribution in [1.82, 2.24) is 9.88 Å². The van der Waals surface area contributed by atoms with E-state index in [2.05, 4.69) is 39.0 Å². The monoisotopic (exact) mass is 421 g/mol. The maximum atomic E-state index is 13.9. The zero-order chi connectivity index (χ0) is 21.4. The standard InChI is InChI=1S/C24H28FN5O/c25-19-1-4-23-21(14-19)18(15-30(23)16-24(26)31)6-8-28-9-11-29(12-10-28)20-2-3-22-17(13-20)5-7-27-22/h1-5,7,13-14,18,27H,6,8-12,15-16H2,(H2,26,31). The van der Waals surface area contributed by atoms with E-state index >= 15 is 0 Å². The van der Waals surface area contributed by atoms with Gasteiger partial charge in [-0.3, -0.25) is 9.69 Å². The number of nitrogens with one attached hydrogen (secondary N) is 1. The van der Waals surface area contributed by atoms with Crippen molar-refractivity contribution in [3.05, 3.63) is 60.0 Å². The number of carbonyl (C=O) groups excluding carboxylic acids is 1. The number of benzene rings is 2. The number of carbonyl (C=O) groups is 1. The number of piperazine rings is 1. The number of nitrogens with two attached hydrogens (primary N) is 1. The summed E-state index contributed by atoms with van der Waals surface area (Å²) in [4.78, 5) is 21.6. The van der Waals surface area contributed by atoms with Crippen LogP contribution in [-0.2, 0) is 4.79 Å². The molecule has 1 unspecified atom stereocenters. The highest BCUT2D eigenvalue weighted by Gasteiger charge is 2.30. The van der Waals surface area contributed by atoms with Crippen molar-refractivity contribution in [1.29, 1.82) is 0 Å². The molecule has 2 aliphatic rings. The molecule has 0 spiro atoms. The number of aromatic nitrogens is 1. The molecule has 162 valence electrons. The number of hydrogen-bond acceptors (Lipinski definition) is 4. The summed E-state index contributed by atoms with van der Waals surface area (Å²) in [6.07, 6.45) is 2.92. The number of rotatable bonds is 6. The number of primary amides is 1. The van der Waals surface area contributed by atoms with Crippen LogP contribution in [0.15, 0.2) is 48.7 Å². The van der Waals surface area contributed by atoms with Gasteiger partial charge < -0.3 is 20.5 Å². The number of H-pyrrole nitrogens is 1. The highest BCUT2D eigenvalue weighted by atomic mass is 19.1. The Morgan fingerprint density at radius 3 is 2.74 bits per heavy atom. The Labute approximate surface area is 181 Å². The molecule has 0 bridgehead atoms. The third kappa shape index (κ3) is 4.10. The first-order chi connectivity index (χ1) is 15.1. The maximum absolute atomic E-state index is 13.9. The van der Waals surface area contributed by atoms with Crippen LogP contribution in [0.25, 0.3) is 10.9 Å². The number of halogens is 1. The van der Waals surface area contributed by atoms with Crippen molar-refractivity contribution >= 4 is 28.2 Å². The molecule has 0 radical (unpaired) electrons. The topological polar surface area (TPSA) is 68.6 Å². The third-order valence-electron chi connectivity index (χ3n) is 6.63. The summed E-state index contributed by atoms with van der Waals surface area (Å²) in [5, 5.41) is 1.24. The largest absolute Gasteiger partial charge is 0.369 e. The van der Waals surface area contributed by atoms with Gasteiger partial charge in [0.05, 0.1) is 6.54 Å². The Morgan fingerprint density at radius 2 is 1.94 bits per heavy atom. The minimum atomic E-state index is -0.357. The zero-order valence-corrected chi connectivity index (χ0v) is 17.6. The molecule has 7 heteroatoms. The van der Waals surface area contributed by atoms with Gasteiger partial charge in [0.15, 0.2) is 0 Å². The third-order valence-corrected chi connectivity index (χ3v) is 6.63. The molecule has 1 atom stereocenters. The number of hydrogen-bond donors (Lipinski definition) is 2. The molecular formula is C24H28FN5O. The van der Waals surface area contributed by atoms with Gasteiger partial charge in [0.25, 0.3) is 0 Å². The lowest BCUT2D eigenvalue weighted by atomic mass is 9.97. The fraction of sp³-hybridized carbons (Fsp3) is 0.375. The van der Waals surface area contributed by atoms with Crippen molar-refractivity contribution in [2.75, 3.05) is 55.6 Å². The summed E-state index contributed by atoms with van der Waals surface area (Å²) in [5.74, 6) is -0.360. The second-order valence-electron chi connectivity index (χ2n) is 8.61. The molecule has 1 aromatic heterocycles. The van der Waals surface area contributed by atoms with E-state index in [4.69, 9.17) is 5.73 Å². The van der Waals surface area contributed by atoms with Crippen LogP contribution in [0.2, 0.25) is 0 Å². The van der Waals surface area contributed by atoms with Gasteiger partial charge in [-0.25, -0.2) is 4.39 Å². The summed E-state index contributed by atoms with van der Waals surface area (Å²) in [6, 6.07) is 13.5. The van der Waals surface area contributed by atoms with Crippen LogP contribution in [0.5, 0.6) is 0 Å². The second kappa shape index (κ2) is 8.23. The van der Waals surface area contributed by atoms with Gasteiger partial charge in [0.1, 0.15) is 5.82 Å². The van der Waals surface area contributed by atoms with Crippen LogP contribution in [-0.4, -0.2) is 61.6 Å². The van der Waals surface area contributed by atoms with Crippen LogP contribution in [0.1, 0.15) is 17.9 Å². The molecule has 31 heavy (non-hydrogen) atoms. The molecule has 1 fully saturated rings. The number of nitrogens with zero attached hydrogens (tertiary/aromatic N) is 3. The lowest BCUT2D eigenvalue weighted by molar-refractivity contribution is -0.116. The lowest BCUT2D eigenvalue weighted by Gasteiger charge is -2.36. The minimum Gasteiger partial charge on any atom is -0.369 e. The smallest absolute Gasteiger partial charge is 0.236 e. The average molecular weight is 422 g/mol. The van der Waals surface area contributed by atoms with Gasteiger partial charge >= 0.3 is 0 Å². The quantitative estimate of drug-likeness (QED) is 0.642. The van der Waals surface area contributed by atoms with Gasteiger partial charge in [-0.2, -0.15) is 0 Å².